The molecule has 100 valence electrons. The second-order valence-electron chi connectivity index (χ2n) is 4.31. The van der Waals surface area contributed by atoms with Gasteiger partial charge in [-0.25, -0.2) is 8.78 Å². The summed E-state index contributed by atoms with van der Waals surface area (Å²) in [6.45, 7) is 2.89. The number of hydrogen-bond acceptors (Lipinski definition) is 2. The number of benzene rings is 1. The lowest BCUT2D eigenvalue weighted by atomic mass is 10.0. The normalized spacial score (nSPS) is 12.7. The molecule has 0 aliphatic heterocycles. The summed E-state index contributed by atoms with van der Waals surface area (Å²) in [7, 11) is 1.88. The zero-order valence-corrected chi connectivity index (χ0v) is 11.4. The third kappa shape index (κ3) is 3.71. The molecule has 1 aromatic carbocycles. The van der Waals surface area contributed by atoms with Crippen molar-refractivity contribution in [3.63, 3.8) is 0 Å². The molecule has 0 bridgehead atoms. The van der Waals surface area contributed by atoms with E-state index in [0.717, 1.165) is 31.5 Å². The van der Waals surface area contributed by atoms with Gasteiger partial charge < -0.3 is 5.73 Å². The van der Waals surface area contributed by atoms with Crippen LogP contribution in [0.15, 0.2) is 18.2 Å². The van der Waals surface area contributed by atoms with E-state index in [4.69, 9.17) is 18.0 Å². The second kappa shape index (κ2) is 6.75. The third-order valence-electron chi connectivity index (χ3n) is 2.83. The number of unbranched alkanes of at least 4 members (excludes halogenated alkanes) is 1. The molecule has 0 amide bonds. The highest BCUT2D eigenvalue weighted by Crippen LogP contribution is 2.22. The minimum Gasteiger partial charge on any atom is -0.392 e. The van der Waals surface area contributed by atoms with Crippen LogP contribution in [-0.4, -0.2) is 23.5 Å². The van der Waals surface area contributed by atoms with Gasteiger partial charge in [-0.05, 0) is 37.7 Å². The van der Waals surface area contributed by atoms with Crippen LogP contribution in [0.5, 0.6) is 0 Å². The van der Waals surface area contributed by atoms with E-state index in [1.807, 2.05) is 11.9 Å². The van der Waals surface area contributed by atoms with Gasteiger partial charge in [-0.3, -0.25) is 4.90 Å². The zero-order valence-electron chi connectivity index (χ0n) is 10.6. The molecule has 1 rings (SSSR count). The molecule has 0 aromatic heterocycles. The van der Waals surface area contributed by atoms with Gasteiger partial charge in [0.25, 0.3) is 0 Å². The molecule has 0 fully saturated rings. The first-order valence-corrected chi connectivity index (χ1v) is 6.32. The first-order chi connectivity index (χ1) is 8.47. The van der Waals surface area contributed by atoms with Crippen LogP contribution in [0, 0.1) is 11.6 Å². The van der Waals surface area contributed by atoms with Crippen molar-refractivity contribution in [2.45, 2.75) is 25.8 Å². The Kier molecular flexibility index (Phi) is 5.62. The number of rotatable bonds is 6. The van der Waals surface area contributed by atoms with Crippen molar-refractivity contribution in [2.24, 2.45) is 5.73 Å². The summed E-state index contributed by atoms with van der Waals surface area (Å²) in [6, 6.07) is 3.41. The Morgan fingerprint density at radius 1 is 1.39 bits per heavy atom. The van der Waals surface area contributed by atoms with Crippen molar-refractivity contribution in [2.75, 3.05) is 13.6 Å². The van der Waals surface area contributed by atoms with Crippen LogP contribution in [0.2, 0.25) is 0 Å². The Bertz CT molecular complexity index is 423. The molecular weight excluding hydrogens is 254 g/mol. The Morgan fingerprint density at radius 3 is 2.56 bits per heavy atom. The molecule has 0 saturated heterocycles. The minimum absolute atomic E-state index is 0.264. The lowest BCUT2D eigenvalue weighted by molar-refractivity contribution is 0.295. The number of hydrogen-bond donors (Lipinski definition) is 1. The zero-order chi connectivity index (χ0) is 13.7. The van der Waals surface area contributed by atoms with Crippen LogP contribution in [0.1, 0.15) is 31.4 Å². The van der Waals surface area contributed by atoms with Gasteiger partial charge in [-0.1, -0.05) is 31.6 Å². The number of halogens is 2. The van der Waals surface area contributed by atoms with Crippen molar-refractivity contribution >= 4 is 17.2 Å². The van der Waals surface area contributed by atoms with Gasteiger partial charge in [0.05, 0.1) is 11.0 Å². The monoisotopic (exact) mass is 272 g/mol. The van der Waals surface area contributed by atoms with E-state index >= 15 is 0 Å². The standard InChI is InChI=1S/C13H18F2N2S/c1-3-4-7-17(2)12(13(16)18)9-5-6-10(14)11(15)8-9/h5-6,8,12H,3-4,7H2,1-2H3,(H2,16,18). The predicted octanol–water partition coefficient (Wildman–Crippen LogP) is 3.02. The lowest BCUT2D eigenvalue weighted by Gasteiger charge is -2.27. The Balaban J connectivity index is 2.97. The van der Waals surface area contributed by atoms with Gasteiger partial charge in [0.15, 0.2) is 11.6 Å². The molecule has 5 heteroatoms. The highest BCUT2D eigenvalue weighted by atomic mass is 32.1. The van der Waals surface area contributed by atoms with Gasteiger partial charge in [0, 0.05) is 0 Å². The average molecular weight is 272 g/mol. The van der Waals surface area contributed by atoms with Gasteiger partial charge in [0.1, 0.15) is 0 Å². The molecule has 0 heterocycles. The van der Waals surface area contributed by atoms with Crippen molar-refractivity contribution in [3.8, 4) is 0 Å². The molecule has 2 N–H and O–H groups in total. The molecular formula is C13H18F2N2S. The van der Waals surface area contributed by atoms with Gasteiger partial charge >= 0.3 is 0 Å². The van der Waals surface area contributed by atoms with Crippen LogP contribution in [-0.2, 0) is 0 Å². The maximum atomic E-state index is 13.2. The SMILES string of the molecule is CCCCN(C)C(C(N)=S)c1ccc(F)c(F)c1. The minimum atomic E-state index is -0.877. The van der Waals surface area contributed by atoms with Gasteiger partial charge in [0.2, 0.25) is 0 Å². The number of nitrogens with zero attached hydrogens (tertiary/aromatic N) is 1. The van der Waals surface area contributed by atoms with Crippen molar-refractivity contribution in [1.82, 2.24) is 4.90 Å². The summed E-state index contributed by atoms with van der Waals surface area (Å²) in [6.07, 6.45) is 2.05. The van der Waals surface area contributed by atoms with E-state index in [2.05, 4.69) is 6.92 Å². The topological polar surface area (TPSA) is 29.3 Å². The molecule has 0 aliphatic rings. The largest absolute Gasteiger partial charge is 0.392 e. The lowest BCUT2D eigenvalue weighted by Crippen LogP contribution is -2.34. The van der Waals surface area contributed by atoms with Crippen molar-refractivity contribution in [1.29, 1.82) is 0 Å². The Hall–Kier alpha value is -1.07. The summed E-state index contributed by atoms with van der Waals surface area (Å²) >= 11 is 5.02. The summed E-state index contributed by atoms with van der Waals surface area (Å²) in [5.41, 5.74) is 6.29. The van der Waals surface area contributed by atoms with E-state index in [0.29, 0.717) is 5.56 Å². The summed E-state index contributed by atoms with van der Waals surface area (Å²) in [4.78, 5) is 2.22. The van der Waals surface area contributed by atoms with Gasteiger partial charge in [-0.2, -0.15) is 0 Å². The number of nitrogens with two attached hydrogens (primary N) is 1. The first-order valence-electron chi connectivity index (χ1n) is 5.91. The third-order valence-corrected chi connectivity index (χ3v) is 3.06. The van der Waals surface area contributed by atoms with E-state index < -0.39 is 11.6 Å². The molecule has 18 heavy (non-hydrogen) atoms. The summed E-state index contributed by atoms with van der Waals surface area (Å²) in [5.74, 6) is -1.74. The van der Waals surface area contributed by atoms with Crippen molar-refractivity contribution < 1.29 is 8.78 Å². The Labute approximate surface area is 112 Å². The summed E-state index contributed by atoms with van der Waals surface area (Å²) in [5, 5.41) is 0. The maximum Gasteiger partial charge on any atom is 0.159 e. The quantitative estimate of drug-likeness (QED) is 0.807. The van der Waals surface area contributed by atoms with E-state index in [9.17, 15) is 8.78 Å². The fourth-order valence-electron chi connectivity index (χ4n) is 1.86. The maximum absolute atomic E-state index is 13.2. The predicted molar refractivity (Wildman–Crippen MR) is 73.4 cm³/mol. The highest BCUT2D eigenvalue weighted by molar-refractivity contribution is 7.80. The smallest absolute Gasteiger partial charge is 0.159 e. The molecule has 2 nitrogen and oxygen atoms in total. The van der Waals surface area contributed by atoms with E-state index in [1.54, 1.807) is 0 Å². The Morgan fingerprint density at radius 2 is 2.06 bits per heavy atom. The average Bonchev–Trinajstić information content (AvgIpc) is 2.31. The van der Waals surface area contributed by atoms with Gasteiger partial charge in [-0.15, -0.1) is 0 Å². The summed E-state index contributed by atoms with van der Waals surface area (Å²) < 4.78 is 26.2. The number of likely N-dealkylation sites (N-methyl/N-ethyl adjacent to an activating group) is 1. The van der Waals surface area contributed by atoms with Crippen LogP contribution >= 0.6 is 12.2 Å². The molecule has 1 unspecified atom stereocenters. The highest BCUT2D eigenvalue weighted by Gasteiger charge is 2.20. The fourth-order valence-corrected chi connectivity index (χ4v) is 2.17. The van der Waals surface area contributed by atoms with Crippen LogP contribution in [0.4, 0.5) is 8.78 Å². The number of thiocarbonyl (C=S) groups is 1. The van der Waals surface area contributed by atoms with Crippen LogP contribution < -0.4 is 5.73 Å². The molecule has 1 atom stereocenters. The fraction of sp³-hybridized carbons (Fsp3) is 0.462. The molecule has 0 radical (unpaired) electrons. The molecule has 1 aromatic rings. The molecule has 0 saturated carbocycles. The first kappa shape index (κ1) is 15.0. The van der Waals surface area contributed by atoms with E-state index in [-0.39, 0.29) is 11.0 Å². The van der Waals surface area contributed by atoms with Crippen LogP contribution in [0.25, 0.3) is 0 Å². The van der Waals surface area contributed by atoms with E-state index in [1.165, 1.54) is 6.07 Å². The second-order valence-corrected chi connectivity index (χ2v) is 4.78. The van der Waals surface area contributed by atoms with Crippen molar-refractivity contribution in [3.05, 3.63) is 35.4 Å². The molecule has 0 spiro atoms. The molecule has 0 aliphatic carbocycles. The van der Waals surface area contributed by atoms with Crippen LogP contribution in [0.3, 0.4) is 0 Å².